The number of carbonyl (C=O) groups is 1. The highest BCUT2D eigenvalue weighted by atomic mass is 32.1. The maximum atomic E-state index is 10.7. The summed E-state index contributed by atoms with van der Waals surface area (Å²) in [6.07, 6.45) is 1.49. The van der Waals surface area contributed by atoms with Crippen LogP contribution < -0.4 is 4.74 Å². The van der Waals surface area contributed by atoms with E-state index in [1.165, 1.54) is 23.6 Å². The van der Waals surface area contributed by atoms with Gasteiger partial charge < -0.3 is 9.84 Å². The summed E-state index contributed by atoms with van der Waals surface area (Å²) in [6, 6.07) is 5.04. The average Bonchev–Trinajstić information content (AvgIpc) is 2.93. The second-order valence-electron chi connectivity index (χ2n) is 4.36. The van der Waals surface area contributed by atoms with Crippen LogP contribution >= 0.6 is 11.3 Å². The molecule has 0 fully saturated rings. The number of aromatic carboxylic acids is 1. The van der Waals surface area contributed by atoms with Gasteiger partial charge in [-0.15, -0.1) is 11.3 Å². The van der Waals surface area contributed by atoms with E-state index < -0.39 is 5.97 Å². The van der Waals surface area contributed by atoms with Crippen LogP contribution in [0.3, 0.4) is 0 Å². The van der Waals surface area contributed by atoms with Gasteiger partial charge in [0.1, 0.15) is 23.0 Å². The van der Waals surface area contributed by atoms with Crippen molar-refractivity contribution >= 4 is 27.5 Å². The molecule has 106 valence electrons. The summed E-state index contributed by atoms with van der Waals surface area (Å²) in [5.74, 6) is 0.134. The molecule has 0 aliphatic heterocycles. The number of aryl methyl sites for hydroxylation is 1. The lowest BCUT2D eigenvalue weighted by Crippen LogP contribution is -2.03. The third kappa shape index (κ3) is 2.82. The molecule has 0 spiro atoms. The van der Waals surface area contributed by atoms with Gasteiger partial charge in [0.25, 0.3) is 0 Å². The molecule has 0 saturated carbocycles. The topological polar surface area (TPSA) is 85.2 Å². The Balaban J connectivity index is 1.80. The fraction of sp³-hybridized carbons (Fsp3) is 0.143. The number of thiophene rings is 1. The standard InChI is InChI=1S/C14H11N3O3S/c1-8-16-12(10-4-5-21-13(10)17-8)20-7-9-2-3-11(14(18)19)15-6-9/h2-6H,7H2,1H3,(H,18,19). The van der Waals surface area contributed by atoms with Gasteiger partial charge in [-0.05, 0) is 24.4 Å². The van der Waals surface area contributed by atoms with E-state index in [0.717, 1.165) is 15.8 Å². The van der Waals surface area contributed by atoms with Crippen molar-refractivity contribution in [1.29, 1.82) is 0 Å². The molecule has 0 amide bonds. The Bertz CT molecular complexity index is 799. The van der Waals surface area contributed by atoms with Crippen molar-refractivity contribution in [3.8, 4) is 5.88 Å². The molecule has 21 heavy (non-hydrogen) atoms. The number of hydrogen-bond donors (Lipinski definition) is 1. The van der Waals surface area contributed by atoms with Crippen molar-refractivity contribution in [3.05, 3.63) is 46.9 Å². The van der Waals surface area contributed by atoms with Gasteiger partial charge >= 0.3 is 5.97 Å². The smallest absolute Gasteiger partial charge is 0.354 e. The first-order valence-electron chi connectivity index (χ1n) is 6.16. The number of hydrogen-bond acceptors (Lipinski definition) is 6. The average molecular weight is 301 g/mol. The van der Waals surface area contributed by atoms with Crippen LogP contribution in [0.2, 0.25) is 0 Å². The van der Waals surface area contributed by atoms with E-state index in [1.807, 2.05) is 18.4 Å². The van der Waals surface area contributed by atoms with Gasteiger partial charge in [-0.1, -0.05) is 6.07 Å². The van der Waals surface area contributed by atoms with Crippen molar-refractivity contribution in [1.82, 2.24) is 15.0 Å². The van der Waals surface area contributed by atoms with Crippen LogP contribution in [0.1, 0.15) is 21.9 Å². The monoisotopic (exact) mass is 301 g/mol. The Labute approximate surface area is 124 Å². The van der Waals surface area contributed by atoms with Crippen molar-refractivity contribution in [2.45, 2.75) is 13.5 Å². The molecule has 0 aliphatic rings. The largest absolute Gasteiger partial charge is 0.477 e. The fourth-order valence-electron chi connectivity index (χ4n) is 1.83. The second-order valence-corrected chi connectivity index (χ2v) is 5.26. The molecule has 0 aliphatic carbocycles. The molecular weight excluding hydrogens is 290 g/mol. The van der Waals surface area contributed by atoms with Gasteiger partial charge in [0, 0.05) is 11.8 Å². The predicted molar refractivity (Wildman–Crippen MR) is 77.7 cm³/mol. The first kappa shape index (κ1) is 13.4. The molecule has 0 radical (unpaired) electrons. The molecule has 0 atom stereocenters. The lowest BCUT2D eigenvalue weighted by molar-refractivity contribution is 0.0690. The van der Waals surface area contributed by atoms with Gasteiger partial charge in [-0.25, -0.2) is 14.8 Å². The number of carboxylic acids is 1. The number of ether oxygens (including phenoxy) is 1. The Morgan fingerprint density at radius 1 is 1.33 bits per heavy atom. The summed E-state index contributed by atoms with van der Waals surface area (Å²) in [7, 11) is 0. The Morgan fingerprint density at radius 3 is 2.90 bits per heavy atom. The van der Waals surface area contributed by atoms with Crippen molar-refractivity contribution < 1.29 is 14.6 Å². The minimum atomic E-state index is -1.05. The zero-order valence-electron chi connectivity index (χ0n) is 11.1. The minimum absolute atomic E-state index is 0.0110. The molecular formula is C14H11N3O3S. The Hall–Kier alpha value is -2.54. The minimum Gasteiger partial charge on any atom is -0.477 e. The van der Waals surface area contributed by atoms with E-state index in [0.29, 0.717) is 11.7 Å². The summed E-state index contributed by atoms with van der Waals surface area (Å²) < 4.78 is 5.71. The molecule has 0 aromatic carbocycles. The molecule has 3 heterocycles. The number of nitrogens with zero attached hydrogens (tertiary/aromatic N) is 3. The van der Waals surface area contributed by atoms with E-state index in [2.05, 4.69) is 15.0 Å². The molecule has 1 N–H and O–H groups in total. The Kier molecular flexibility index (Phi) is 3.49. The predicted octanol–water partition coefficient (Wildman–Crippen LogP) is 2.67. The zero-order chi connectivity index (χ0) is 14.8. The normalized spacial score (nSPS) is 10.7. The van der Waals surface area contributed by atoms with E-state index >= 15 is 0 Å². The summed E-state index contributed by atoms with van der Waals surface area (Å²) in [4.78, 5) is 24.1. The van der Waals surface area contributed by atoms with E-state index in [9.17, 15) is 4.79 Å². The number of aromatic nitrogens is 3. The second kappa shape index (κ2) is 5.45. The summed E-state index contributed by atoms with van der Waals surface area (Å²) in [5.41, 5.74) is 0.788. The van der Waals surface area contributed by atoms with Crippen molar-refractivity contribution in [3.63, 3.8) is 0 Å². The van der Waals surface area contributed by atoms with Crippen LogP contribution in [-0.4, -0.2) is 26.0 Å². The number of fused-ring (bicyclic) bond motifs is 1. The summed E-state index contributed by atoms with van der Waals surface area (Å²) in [6.45, 7) is 2.09. The van der Waals surface area contributed by atoms with Crippen LogP contribution in [0, 0.1) is 6.92 Å². The van der Waals surface area contributed by atoms with Gasteiger partial charge in [0.15, 0.2) is 0 Å². The van der Waals surface area contributed by atoms with Crippen LogP contribution in [-0.2, 0) is 6.61 Å². The first-order chi connectivity index (χ1) is 10.1. The van der Waals surface area contributed by atoms with Gasteiger partial charge in [-0.2, -0.15) is 4.98 Å². The lowest BCUT2D eigenvalue weighted by Gasteiger charge is -2.07. The molecule has 3 aromatic heterocycles. The maximum Gasteiger partial charge on any atom is 0.354 e. The highest BCUT2D eigenvalue weighted by Gasteiger charge is 2.09. The van der Waals surface area contributed by atoms with Crippen LogP contribution in [0.25, 0.3) is 10.2 Å². The first-order valence-corrected chi connectivity index (χ1v) is 7.04. The number of carboxylic acid groups (broad SMARTS) is 1. The van der Waals surface area contributed by atoms with Gasteiger partial charge in [0.2, 0.25) is 5.88 Å². The third-order valence-electron chi connectivity index (χ3n) is 2.82. The van der Waals surface area contributed by atoms with Crippen molar-refractivity contribution in [2.75, 3.05) is 0 Å². The van der Waals surface area contributed by atoms with E-state index in [4.69, 9.17) is 9.84 Å². The van der Waals surface area contributed by atoms with Crippen LogP contribution in [0.4, 0.5) is 0 Å². The van der Waals surface area contributed by atoms with Gasteiger partial charge in [-0.3, -0.25) is 0 Å². The van der Waals surface area contributed by atoms with Gasteiger partial charge in [0.05, 0.1) is 5.39 Å². The number of pyridine rings is 1. The third-order valence-corrected chi connectivity index (χ3v) is 3.63. The SMILES string of the molecule is Cc1nc(OCc2ccc(C(=O)O)nc2)c2ccsc2n1. The summed E-state index contributed by atoms with van der Waals surface area (Å²) in [5, 5.41) is 11.6. The zero-order valence-corrected chi connectivity index (χ0v) is 11.9. The van der Waals surface area contributed by atoms with Crippen LogP contribution in [0.15, 0.2) is 29.8 Å². The highest BCUT2D eigenvalue weighted by molar-refractivity contribution is 7.16. The molecule has 3 rings (SSSR count). The maximum absolute atomic E-state index is 10.7. The molecule has 0 saturated heterocycles. The molecule has 3 aromatic rings. The molecule has 0 unspecified atom stereocenters. The van der Waals surface area contributed by atoms with E-state index in [-0.39, 0.29) is 12.3 Å². The molecule has 0 bridgehead atoms. The molecule has 7 heteroatoms. The number of rotatable bonds is 4. The van der Waals surface area contributed by atoms with Crippen molar-refractivity contribution in [2.24, 2.45) is 0 Å². The van der Waals surface area contributed by atoms with E-state index in [1.54, 1.807) is 6.07 Å². The molecule has 6 nitrogen and oxygen atoms in total. The fourth-order valence-corrected chi connectivity index (χ4v) is 2.63. The highest BCUT2D eigenvalue weighted by Crippen LogP contribution is 2.27. The Morgan fingerprint density at radius 2 is 2.19 bits per heavy atom. The quantitative estimate of drug-likeness (QED) is 0.797. The lowest BCUT2D eigenvalue weighted by atomic mass is 10.2. The van der Waals surface area contributed by atoms with Crippen LogP contribution in [0.5, 0.6) is 5.88 Å². The summed E-state index contributed by atoms with van der Waals surface area (Å²) >= 11 is 1.53.